The Labute approximate surface area is 116 Å². The van der Waals surface area contributed by atoms with Crippen LogP contribution in [0.3, 0.4) is 0 Å². The number of fused-ring (bicyclic) bond motifs is 1. The fourth-order valence-corrected chi connectivity index (χ4v) is 3.11. The molecule has 2 heterocycles. The molecule has 0 aliphatic carbocycles. The van der Waals surface area contributed by atoms with Gasteiger partial charge in [-0.3, -0.25) is 4.90 Å². The van der Waals surface area contributed by atoms with Gasteiger partial charge in [0.25, 0.3) is 0 Å². The van der Waals surface area contributed by atoms with Crippen LogP contribution in [0.4, 0.5) is 4.79 Å². The predicted octanol–water partition coefficient (Wildman–Crippen LogP) is 1.42. The lowest BCUT2D eigenvalue weighted by atomic mass is 9.93. The number of nitrogens with zero attached hydrogens (tertiary/aromatic N) is 2. The van der Waals surface area contributed by atoms with Crippen molar-refractivity contribution in [2.24, 2.45) is 5.73 Å². The van der Waals surface area contributed by atoms with Gasteiger partial charge in [-0.05, 0) is 33.6 Å². The van der Waals surface area contributed by atoms with Gasteiger partial charge in [0.1, 0.15) is 5.60 Å². The van der Waals surface area contributed by atoms with Gasteiger partial charge in [0.2, 0.25) is 0 Å². The number of nitrogens with two attached hydrogens (primary N) is 1. The van der Waals surface area contributed by atoms with E-state index in [2.05, 4.69) is 4.90 Å². The van der Waals surface area contributed by atoms with Gasteiger partial charge in [0.05, 0.1) is 0 Å². The van der Waals surface area contributed by atoms with E-state index in [1.54, 1.807) is 0 Å². The topological polar surface area (TPSA) is 58.8 Å². The van der Waals surface area contributed by atoms with Crippen LogP contribution in [0, 0.1) is 0 Å². The normalized spacial score (nSPS) is 28.9. The number of carbonyl (C=O) groups is 1. The van der Waals surface area contributed by atoms with Gasteiger partial charge in [-0.1, -0.05) is 6.42 Å². The van der Waals surface area contributed by atoms with Crippen LogP contribution in [0.25, 0.3) is 0 Å². The monoisotopic (exact) mass is 269 g/mol. The lowest BCUT2D eigenvalue weighted by Crippen LogP contribution is -2.61. The molecule has 2 rings (SSSR count). The lowest BCUT2D eigenvalue weighted by Gasteiger charge is -2.48. The Morgan fingerprint density at radius 2 is 2.05 bits per heavy atom. The molecule has 2 aliphatic heterocycles. The van der Waals surface area contributed by atoms with Crippen molar-refractivity contribution in [3.8, 4) is 0 Å². The van der Waals surface area contributed by atoms with Crippen LogP contribution in [0.5, 0.6) is 0 Å². The van der Waals surface area contributed by atoms with Crippen molar-refractivity contribution in [1.82, 2.24) is 9.80 Å². The molecule has 0 aromatic rings. The number of piperazine rings is 1. The largest absolute Gasteiger partial charge is 0.444 e. The van der Waals surface area contributed by atoms with Gasteiger partial charge in [-0.25, -0.2) is 4.79 Å². The van der Waals surface area contributed by atoms with Gasteiger partial charge in [0, 0.05) is 38.3 Å². The Morgan fingerprint density at radius 1 is 1.32 bits per heavy atom. The molecule has 110 valence electrons. The van der Waals surface area contributed by atoms with Crippen LogP contribution in [-0.2, 0) is 4.74 Å². The quantitative estimate of drug-likeness (QED) is 0.782. The first kappa shape index (κ1) is 14.6. The van der Waals surface area contributed by atoms with Crippen LogP contribution in [0.1, 0.15) is 40.0 Å². The Morgan fingerprint density at radius 3 is 2.68 bits per heavy atom. The summed E-state index contributed by atoms with van der Waals surface area (Å²) in [5.74, 6) is 0. The molecule has 0 saturated carbocycles. The Kier molecular flexibility index (Phi) is 4.36. The number of hydrogen-bond donors (Lipinski definition) is 1. The summed E-state index contributed by atoms with van der Waals surface area (Å²) in [4.78, 5) is 16.4. The van der Waals surface area contributed by atoms with Crippen LogP contribution in [0.2, 0.25) is 0 Å². The van der Waals surface area contributed by atoms with Gasteiger partial charge >= 0.3 is 6.09 Å². The van der Waals surface area contributed by atoms with Crippen molar-refractivity contribution < 1.29 is 9.53 Å². The van der Waals surface area contributed by atoms with E-state index < -0.39 is 5.60 Å². The van der Waals surface area contributed by atoms with E-state index in [-0.39, 0.29) is 6.09 Å². The molecule has 0 bridgehead atoms. The second-order valence-corrected chi connectivity index (χ2v) is 6.64. The Hall–Kier alpha value is -0.810. The molecule has 2 saturated heterocycles. The van der Waals surface area contributed by atoms with Crippen LogP contribution < -0.4 is 5.73 Å². The third kappa shape index (κ3) is 3.60. The summed E-state index contributed by atoms with van der Waals surface area (Å²) in [7, 11) is 0. The third-order valence-corrected chi connectivity index (χ3v) is 4.00. The minimum atomic E-state index is -0.416. The number of carbonyl (C=O) groups excluding carboxylic acids is 1. The van der Waals surface area contributed by atoms with Crippen molar-refractivity contribution in [1.29, 1.82) is 0 Å². The number of rotatable bonds is 1. The highest BCUT2D eigenvalue weighted by Crippen LogP contribution is 2.26. The van der Waals surface area contributed by atoms with E-state index in [9.17, 15) is 4.79 Å². The smallest absolute Gasteiger partial charge is 0.410 e. The number of hydrogen-bond acceptors (Lipinski definition) is 4. The molecule has 19 heavy (non-hydrogen) atoms. The third-order valence-electron chi connectivity index (χ3n) is 4.00. The van der Waals surface area contributed by atoms with Crippen molar-refractivity contribution in [2.45, 2.75) is 57.7 Å². The number of ether oxygens (including phenoxy) is 1. The van der Waals surface area contributed by atoms with Gasteiger partial charge in [0.15, 0.2) is 0 Å². The first-order valence-electron chi connectivity index (χ1n) is 7.34. The van der Waals surface area contributed by atoms with Crippen molar-refractivity contribution in [3.05, 3.63) is 0 Å². The molecule has 2 fully saturated rings. The van der Waals surface area contributed by atoms with E-state index in [1.807, 2.05) is 25.7 Å². The highest BCUT2D eigenvalue weighted by atomic mass is 16.6. The van der Waals surface area contributed by atoms with Gasteiger partial charge < -0.3 is 15.4 Å². The average molecular weight is 269 g/mol. The van der Waals surface area contributed by atoms with E-state index in [4.69, 9.17) is 10.5 Å². The van der Waals surface area contributed by atoms with Gasteiger partial charge in [-0.15, -0.1) is 0 Å². The summed E-state index contributed by atoms with van der Waals surface area (Å²) < 4.78 is 5.45. The van der Waals surface area contributed by atoms with E-state index in [0.717, 1.165) is 32.6 Å². The predicted molar refractivity (Wildman–Crippen MR) is 75.0 cm³/mol. The summed E-state index contributed by atoms with van der Waals surface area (Å²) in [6, 6.07) is 0.961. The summed E-state index contributed by atoms with van der Waals surface area (Å²) in [5.41, 5.74) is 5.42. The number of amides is 1. The maximum Gasteiger partial charge on any atom is 0.410 e. The van der Waals surface area contributed by atoms with E-state index in [0.29, 0.717) is 12.1 Å². The van der Waals surface area contributed by atoms with Crippen molar-refractivity contribution in [3.63, 3.8) is 0 Å². The molecule has 0 aromatic heterocycles. The summed E-state index contributed by atoms with van der Waals surface area (Å²) in [6.45, 7) is 8.91. The molecule has 1 amide bonds. The van der Waals surface area contributed by atoms with Crippen LogP contribution >= 0.6 is 0 Å². The zero-order valence-corrected chi connectivity index (χ0v) is 12.4. The average Bonchev–Trinajstić information content (AvgIpc) is 2.35. The fourth-order valence-electron chi connectivity index (χ4n) is 3.11. The summed E-state index contributed by atoms with van der Waals surface area (Å²) >= 11 is 0. The van der Waals surface area contributed by atoms with Gasteiger partial charge in [-0.2, -0.15) is 0 Å². The first-order valence-corrected chi connectivity index (χ1v) is 7.34. The highest BCUT2D eigenvalue weighted by Gasteiger charge is 2.36. The molecule has 0 aromatic carbocycles. The SMILES string of the molecule is CC(C)(C)OC(=O)N1CCN2C(CN)CCCC2C1. The minimum absolute atomic E-state index is 0.179. The Balaban J connectivity index is 1.93. The maximum absolute atomic E-state index is 12.1. The molecule has 2 unspecified atom stereocenters. The molecule has 0 radical (unpaired) electrons. The lowest BCUT2D eigenvalue weighted by molar-refractivity contribution is -0.0153. The molecule has 2 aliphatic rings. The van der Waals surface area contributed by atoms with Crippen LogP contribution in [0.15, 0.2) is 0 Å². The zero-order chi connectivity index (χ0) is 14.0. The molecule has 5 nitrogen and oxygen atoms in total. The molecule has 2 atom stereocenters. The van der Waals surface area contributed by atoms with E-state index >= 15 is 0 Å². The van der Waals surface area contributed by atoms with Crippen molar-refractivity contribution >= 4 is 6.09 Å². The van der Waals surface area contributed by atoms with Crippen molar-refractivity contribution in [2.75, 3.05) is 26.2 Å². The first-order chi connectivity index (χ1) is 8.90. The minimum Gasteiger partial charge on any atom is -0.444 e. The zero-order valence-electron chi connectivity index (χ0n) is 12.4. The molecule has 5 heteroatoms. The second-order valence-electron chi connectivity index (χ2n) is 6.64. The Bertz CT molecular complexity index is 327. The fraction of sp³-hybridized carbons (Fsp3) is 0.929. The second kappa shape index (κ2) is 5.67. The van der Waals surface area contributed by atoms with Crippen LogP contribution in [-0.4, -0.2) is 59.8 Å². The summed E-state index contributed by atoms with van der Waals surface area (Å²) in [5, 5.41) is 0. The molecule has 2 N–H and O–H groups in total. The number of piperidine rings is 1. The molecular weight excluding hydrogens is 242 g/mol. The highest BCUT2D eigenvalue weighted by molar-refractivity contribution is 5.68. The maximum atomic E-state index is 12.1. The standard InChI is InChI=1S/C14H27N3O2/c1-14(2,3)19-13(18)16-7-8-17-11(9-15)5-4-6-12(17)10-16/h11-12H,4-10,15H2,1-3H3. The molecule has 0 spiro atoms. The molecular formula is C14H27N3O2. The van der Waals surface area contributed by atoms with E-state index in [1.165, 1.54) is 12.8 Å². The summed E-state index contributed by atoms with van der Waals surface area (Å²) in [6.07, 6.45) is 3.39.